The SMILES string of the molecule is O=C(Nc1ccc(-c2cn[nH]c2)cc1)C1CCc2ccccc2O1. The van der Waals surface area contributed by atoms with E-state index in [0.717, 1.165) is 34.5 Å². The fraction of sp³-hybridized carbons (Fsp3) is 0.158. The molecule has 0 aliphatic carbocycles. The average molecular weight is 319 g/mol. The van der Waals surface area contributed by atoms with Crippen molar-refractivity contribution in [3.8, 4) is 16.9 Å². The van der Waals surface area contributed by atoms with Gasteiger partial charge in [0.15, 0.2) is 6.10 Å². The Morgan fingerprint density at radius 3 is 2.75 bits per heavy atom. The molecule has 1 aliphatic rings. The summed E-state index contributed by atoms with van der Waals surface area (Å²) in [5.74, 6) is 0.694. The molecule has 2 heterocycles. The van der Waals surface area contributed by atoms with E-state index in [0.29, 0.717) is 6.42 Å². The van der Waals surface area contributed by atoms with E-state index in [-0.39, 0.29) is 5.91 Å². The molecule has 1 aliphatic heterocycles. The van der Waals surface area contributed by atoms with Crippen LogP contribution < -0.4 is 10.1 Å². The second-order valence-corrected chi connectivity index (χ2v) is 5.81. The molecule has 2 N–H and O–H groups in total. The molecule has 0 saturated carbocycles. The molecule has 1 aromatic heterocycles. The number of amides is 1. The molecule has 0 radical (unpaired) electrons. The van der Waals surface area contributed by atoms with Crippen molar-refractivity contribution in [1.29, 1.82) is 0 Å². The molecule has 4 rings (SSSR count). The number of anilines is 1. The Hall–Kier alpha value is -3.08. The molecule has 5 heteroatoms. The lowest BCUT2D eigenvalue weighted by Crippen LogP contribution is -2.35. The zero-order valence-electron chi connectivity index (χ0n) is 13.0. The number of hydrogen-bond acceptors (Lipinski definition) is 3. The van der Waals surface area contributed by atoms with E-state index in [9.17, 15) is 4.79 Å². The molecular formula is C19H17N3O2. The van der Waals surface area contributed by atoms with E-state index in [1.54, 1.807) is 6.20 Å². The van der Waals surface area contributed by atoms with Crippen molar-refractivity contribution < 1.29 is 9.53 Å². The molecule has 1 atom stereocenters. The normalized spacial score (nSPS) is 16.1. The van der Waals surface area contributed by atoms with E-state index >= 15 is 0 Å². The zero-order valence-corrected chi connectivity index (χ0v) is 13.0. The Morgan fingerprint density at radius 1 is 1.12 bits per heavy atom. The molecule has 1 amide bonds. The van der Waals surface area contributed by atoms with Gasteiger partial charge in [-0.3, -0.25) is 9.89 Å². The van der Waals surface area contributed by atoms with E-state index in [2.05, 4.69) is 15.5 Å². The molecule has 0 fully saturated rings. The first-order chi connectivity index (χ1) is 11.8. The first kappa shape index (κ1) is 14.5. The lowest BCUT2D eigenvalue weighted by molar-refractivity contribution is -0.123. The predicted molar refractivity (Wildman–Crippen MR) is 91.8 cm³/mol. The fourth-order valence-corrected chi connectivity index (χ4v) is 2.89. The molecule has 2 aromatic carbocycles. The third kappa shape index (κ3) is 2.88. The highest BCUT2D eigenvalue weighted by Gasteiger charge is 2.25. The number of para-hydroxylation sites is 1. The van der Waals surface area contributed by atoms with Crippen molar-refractivity contribution in [2.24, 2.45) is 0 Å². The molecule has 0 spiro atoms. The van der Waals surface area contributed by atoms with Crippen LogP contribution in [0.15, 0.2) is 60.9 Å². The van der Waals surface area contributed by atoms with Crippen molar-refractivity contribution in [1.82, 2.24) is 10.2 Å². The molecular weight excluding hydrogens is 302 g/mol. The number of ether oxygens (including phenoxy) is 1. The van der Waals surface area contributed by atoms with Crippen molar-refractivity contribution in [3.63, 3.8) is 0 Å². The highest BCUT2D eigenvalue weighted by Crippen LogP contribution is 2.28. The summed E-state index contributed by atoms with van der Waals surface area (Å²) in [6.45, 7) is 0. The molecule has 24 heavy (non-hydrogen) atoms. The van der Waals surface area contributed by atoms with Crippen LogP contribution in [0.25, 0.3) is 11.1 Å². The number of benzene rings is 2. The van der Waals surface area contributed by atoms with Gasteiger partial charge in [-0.25, -0.2) is 0 Å². The molecule has 0 bridgehead atoms. The Kier molecular flexibility index (Phi) is 3.75. The molecule has 120 valence electrons. The van der Waals surface area contributed by atoms with Crippen LogP contribution in [0.2, 0.25) is 0 Å². The fourth-order valence-electron chi connectivity index (χ4n) is 2.89. The standard InChI is InChI=1S/C19H17N3O2/c23-19(18-10-7-14-3-1-2-4-17(14)24-18)22-16-8-5-13(6-9-16)15-11-20-21-12-15/h1-6,8-9,11-12,18H,7,10H2,(H,20,21)(H,22,23). The summed E-state index contributed by atoms with van der Waals surface area (Å²) in [5.41, 5.74) is 3.98. The van der Waals surface area contributed by atoms with Crippen molar-refractivity contribution in [3.05, 3.63) is 66.5 Å². The number of aromatic amines is 1. The first-order valence-corrected chi connectivity index (χ1v) is 7.94. The number of carbonyl (C=O) groups is 1. The number of fused-ring (bicyclic) bond motifs is 1. The number of H-pyrrole nitrogens is 1. The van der Waals surface area contributed by atoms with E-state index < -0.39 is 6.10 Å². The van der Waals surface area contributed by atoms with Gasteiger partial charge in [-0.2, -0.15) is 5.10 Å². The largest absolute Gasteiger partial charge is 0.480 e. The maximum atomic E-state index is 12.4. The number of aromatic nitrogens is 2. The van der Waals surface area contributed by atoms with Crippen LogP contribution in [0.3, 0.4) is 0 Å². The summed E-state index contributed by atoms with van der Waals surface area (Å²) in [6, 6.07) is 15.5. The lowest BCUT2D eigenvalue weighted by Gasteiger charge is -2.25. The van der Waals surface area contributed by atoms with Gasteiger partial charge in [0.2, 0.25) is 0 Å². The van der Waals surface area contributed by atoms with Gasteiger partial charge in [-0.1, -0.05) is 30.3 Å². The Bertz CT molecular complexity index is 841. The highest BCUT2D eigenvalue weighted by atomic mass is 16.5. The number of nitrogens with one attached hydrogen (secondary N) is 2. The molecule has 3 aromatic rings. The van der Waals surface area contributed by atoms with Crippen LogP contribution in [-0.4, -0.2) is 22.2 Å². The van der Waals surface area contributed by atoms with Gasteiger partial charge in [0.25, 0.3) is 5.91 Å². The second kappa shape index (κ2) is 6.20. The zero-order chi connectivity index (χ0) is 16.4. The topological polar surface area (TPSA) is 67.0 Å². The number of hydrogen-bond donors (Lipinski definition) is 2. The maximum absolute atomic E-state index is 12.4. The smallest absolute Gasteiger partial charge is 0.265 e. The number of aryl methyl sites for hydroxylation is 1. The lowest BCUT2D eigenvalue weighted by atomic mass is 10.0. The van der Waals surface area contributed by atoms with Gasteiger partial charge in [0.1, 0.15) is 5.75 Å². The monoisotopic (exact) mass is 319 g/mol. The maximum Gasteiger partial charge on any atom is 0.265 e. The summed E-state index contributed by atoms with van der Waals surface area (Å²) in [5, 5.41) is 9.66. The Labute approximate surface area is 139 Å². The van der Waals surface area contributed by atoms with E-state index in [1.165, 1.54) is 0 Å². The molecule has 5 nitrogen and oxygen atoms in total. The predicted octanol–water partition coefficient (Wildman–Crippen LogP) is 3.41. The van der Waals surface area contributed by atoms with Crippen LogP contribution in [-0.2, 0) is 11.2 Å². The summed E-state index contributed by atoms with van der Waals surface area (Å²) in [6.07, 6.45) is 4.69. The summed E-state index contributed by atoms with van der Waals surface area (Å²) < 4.78 is 5.82. The van der Waals surface area contributed by atoms with Crippen LogP contribution in [0.1, 0.15) is 12.0 Å². The van der Waals surface area contributed by atoms with Gasteiger partial charge >= 0.3 is 0 Å². The van der Waals surface area contributed by atoms with E-state index in [4.69, 9.17) is 4.74 Å². The van der Waals surface area contributed by atoms with Crippen molar-refractivity contribution in [2.45, 2.75) is 18.9 Å². The van der Waals surface area contributed by atoms with Crippen molar-refractivity contribution in [2.75, 3.05) is 5.32 Å². The third-order valence-corrected chi connectivity index (χ3v) is 4.19. The number of carbonyl (C=O) groups excluding carboxylic acids is 1. The van der Waals surface area contributed by atoms with Crippen LogP contribution in [0.4, 0.5) is 5.69 Å². The van der Waals surface area contributed by atoms with Crippen LogP contribution in [0.5, 0.6) is 5.75 Å². The van der Waals surface area contributed by atoms with Gasteiger partial charge in [-0.15, -0.1) is 0 Å². The number of nitrogens with zero attached hydrogens (tertiary/aromatic N) is 1. The number of rotatable bonds is 3. The molecule has 1 unspecified atom stereocenters. The van der Waals surface area contributed by atoms with Crippen LogP contribution in [0, 0.1) is 0 Å². The average Bonchev–Trinajstić information content (AvgIpc) is 3.16. The minimum Gasteiger partial charge on any atom is -0.480 e. The minimum atomic E-state index is -0.451. The summed E-state index contributed by atoms with van der Waals surface area (Å²) >= 11 is 0. The summed E-state index contributed by atoms with van der Waals surface area (Å²) in [4.78, 5) is 12.4. The third-order valence-electron chi connectivity index (χ3n) is 4.19. The quantitative estimate of drug-likeness (QED) is 0.777. The highest BCUT2D eigenvalue weighted by molar-refractivity contribution is 5.94. The second-order valence-electron chi connectivity index (χ2n) is 5.81. The van der Waals surface area contributed by atoms with Gasteiger partial charge in [0, 0.05) is 17.4 Å². The molecule has 0 saturated heterocycles. The Balaban J connectivity index is 1.43. The summed E-state index contributed by atoms with van der Waals surface area (Å²) in [7, 11) is 0. The van der Waals surface area contributed by atoms with Crippen molar-refractivity contribution >= 4 is 11.6 Å². The minimum absolute atomic E-state index is 0.111. The van der Waals surface area contributed by atoms with Gasteiger partial charge < -0.3 is 10.1 Å². The van der Waals surface area contributed by atoms with Crippen LogP contribution >= 0.6 is 0 Å². The first-order valence-electron chi connectivity index (χ1n) is 7.94. The van der Waals surface area contributed by atoms with Gasteiger partial charge in [0.05, 0.1) is 6.20 Å². The Morgan fingerprint density at radius 2 is 1.96 bits per heavy atom. The van der Waals surface area contributed by atoms with E-state index in [1.807, 2.05) is 54.7 Å². The van der Waals surface area contributed by atoms with Gasteiger partial charge in [-0.05, 0) is 42.2 Å².